The molecule has 11 heteroatoms. The summed E-state index contributed by atoms with van der Waals surface area (Å²) in [4.78, 5) is 14.0. The molecule has 0 spiro atoms. The Balaban J connectivity index is 1.51. The van der Waals surface area contributed by atoms with E-state index >= 15 is 0 Å². The highest BCUT2D eigenvalue weighted by atomic mass is 35.5. The first-order chi connectivity index (χ1) is 19.6. The number of aromatic carboxylic acids is 1. The number of sulfonamides is 1. The van der Waals surface area contributed by atoms with E-state index in [1.165, 1.54) is 7.11 Å². The molecule has 0 aromatic heterocycles. The minimum Gasteiger partial charge on any atom is -0.487 e. The van der Waals surface area contributed by atoms with Crippen molar-refractivity contribution in [3.8, 4) is 5.75 Å². The van der Waals surface area contributed by atoms with Gasteiger partial charge in [0.05, 0.1) is 24.0 Å². The van der Waals surface area contributed by atoms with Gasteiger partial charge in [-0.25, -0.2) is 18.4 Å². The zero-order valence-electron chi connectivity index (χ0n) is 23.2. The van der Waals surface area contributed by atoms with Crippen molar-refractivity contribution in [1.82, 2.24) is 0 Å². The molecule has 1 saturated carbocycles. The van der Waals surface area contributed by atoms with Crippen LogP contribution < -0.4 is 14.8 Å². The molecule has 0 bridgehead atoms. The van der Waals surface area contributed by atoms with Crippen LogP contribution in [0.4, 0.5) is 5.69 Å². The maximum atomic E-state index is 11.8. The Morgan fingerprint density at radius 3 is 2.71 bits per heavy atom. The minimum atomic E-state index is -3.76. The van der Waals surface area contributed by atoms with Gasteiger partial charge in [0.25, 0.3) is 0 Å². The molecule has 2 aromatic carbocycles. The fraction of sp³-hybridized carbons (Fsp3) is 0.500. The Hall–Kier alpha value is -2.63. The fourth-order valence-electron chi connectivity index (χ4n) is 5.62. The average Bonchev–Trinajstić information content (AvgIpc) is 2.93. The van der Waals surface area contributed by atoms with Crippen molar-refractivity contribution in [3.05, 3.63) is 70.3 Å². The highest BCUT2D eigenvalue weighted by molar-refractivity contribution is 7.89. The molecule has 0 unspecified atom stereocenters. The van der Waals surface area contributed by atoms with Gasteiger partial charge in [0.15, 0.2) is 0 Å². The van der Waals surface area contributed by atoms with Crippen molar-refractivity contribution >= 4 is 33.3 Å². The van der Waals surface area contributed by atoms with Crippen LogP contribution in [0.5, 0.6) is 5.75 Å². The van der Waals surface area contributed by atoms with Gasteiger partial charge in [0, 0.05) is 25.2 Å². The number of ether oxygens (including phenoxy) is 2. The summed E-state index contributed by atoms with van der Waals surface area (Å²) in [6.07, 6.45) is 7.19. The average molecular weight is 607 g/mol. The van der Waals surface area contributed by atoms with Gasteiger partial charge in [-0.15, -0.1) is 0 Å². The lowest BCUT2D eigenvalue weighted by Crippen LogP contribution is -2.43. The maximum Gasteiger partial charge on any atom is 0.335 e. The number of carboxylic acid groups (broad SMARTS) is 1. The van der Waals surface area contributed by atoms with Crippen molar-refractivity contribution < 1.29 is 32.9 Å². The summed E-state index contributed by atoms with van der Waals surface area (Å²) >= 11 is 6.26. The summed E-state index contributed by atoms with van der Waals surface area (Å²) in [5, 5.41) is 25.8. The number of hydrogen-bond donors (Lipinski definition) is 3. The summed E-state index contributed by atoms with van der Waals surface area (Å²) < 4.78 is 34.8. The fourth-order valence-corrected chi connectivity index (χ4v) is 6.52. The topological polar surface area (TPSA) is 139 Å². The Kier molecular flexibility index (Phi) is 10.7. The van der Waals surface area contributed by atoms with Crippen molar-refractivity contribution in [2.75, 3.05) is 31.7 Å². The highest BCUT2D eigenvalue weighted by Crippen LogP contribution is 2.40. The van der Waals surface area contributed by atoms with Gasteiger partial charge in [-0.2, -0.15) is 0 Å². The van der Waals surface area contributed by atoms with Crippen LogP contribution in [0, 0.1) is 11.8 Å². The molecule has 4 N–H and O–H groups in total. The molecular weight excluding hydrogens is 568 g/mol. The molecule has 4 rings (SSSR count). The van der Waals surface area contributed by atoms with Gasteiger partial charge in [-0.3, -0.25) is 0 Å². The minimum absolute atomic E-state index is 0.00165. The second-order valence-electron chi connectivity index (χ2n) is 10.9. The molecule has 0 radical (unpaired) electrons. The zero-order valence-corrected chi connectivity index (χ0v) is 24.8. The van der Waals surface area contributed by atoms with E-state index < -0.39 is 27.3 Å². The predicted octanol–water partition coefficient (Wildman–Crippen LogP) is 4.40. The zero-order chi connectivity index (χ0) is 29.6. The molecule has 2 aromatic rings. The Bertz CT molecular complexity index is 1350. The maximum absolute atomic E-state index is 11.8. The number of hydrogen-bond acceptors (Lipinski definition) is 7. The molecule has 41 heavy (non-hydrogen) atoms. The monoisotopic (exact) mass is 606 g/mol. The summed E-state index contributed by atoms with van der Waals surface area (Å²) in [6.45, 7) is 1.67. The molecule has 4 atom stereocenters. The number of nitrogens with two attached hydrogens (primary N) is 1. The number of carboxylic acids is 1. The van der Waals surface area contributed by atoms with Crippen LogP contribution in [0.2, 0.25) is 5.02 Å². The molecule has 1 aliphatic carbocycles. The van der Waals surface area contributed by atoms with Crippen LogP contribution in [-0.4, -0.2) is 62.8 Å². The first-order valence-electron chi connectivity index (χ1n) is 13.9. The van der Waals surface area contributed by atoms with Gasteiger partial charge < -0.3 is 24.6 Å². The van der Waals surface area contributed by atoms with E-state index in [0.29, 0.717) is 30.5 Å². The standard InChI is InChI=1S/C30H39ClN2O7S/c1-39-19-25(41(32,37)38)6-4-7-28(34)26-12-9-22(26)17-33-14-3-2-5-20-15-24(31)11-8-23(20)18-40-29-13-10-21(30(35)36)16-27(29)33/h4,7-8,10-11,13,15-16,22,25-26,28,34H,2-3,5-6,9,12,14,17-19H2,1H3,(H,35,36)(H2,32,37,38)/b7-4+/t22-,25-,26+,28-/m0/s1. The molecule has 9 nitrogen and oxygen atoms in total. The number of allylic oxidation sites excluding steroid dienone is 1. The van der Waals surface area contributed by atoms with Crippen LogP contribution in [-0.2, 0) is 27.8 Å². The number of carbonyl (C=O) groups is 1. The first kappa shape index (κ1) is 31.3. The number of nitrogens with zero attached hydrogens (tertiary/aromatic N) is 1. The molecule has 1 fully saturated rings. The van der Waals surface area contributed by atoms with Crippen LogP contribution >= 0.6 is 11.6 Å². The van der Waals surface area contributed by atoms with Crippen molar-refractivity contribution in [2.45, 2.75) is 56.5 Å². The number of primary sulfonamides is 1. The number of halogens is 1. The van der Waals surface area contributed by atoms with E-state index in [9.17, 15) is 23.4 Å². The molecule has 224 valence electrons. The smallest absolute Gasteiger partial charge is 0.335 e. The van der Waals surface area contributed by atoms with E-state index in [2.05, 4.69) is 4.90 Å². The summed E-state index contributed by atoms with van der Waals surface area (Å²) in [5.41, 5.74) is 3.13. The number of aliphatic hydroxyl groups is 1. The second-order valence-corrected chi connectivity index (χ2v) is 13.2. The van der Waals surface area contributed by atoms with Crippen LogP contribution in [0.1, 0.15) is 53.6 Å². The number of fused-ring (bicyclic) bond motifs is 2. The third-order valence-corrected chi connectivity index (χ3v) is 9.63. The van der Waals surface area contributed by atoms with Crippen LogP contribution in [0.25, 0.3) is 0 Å². The van der Waals surface area contributed by atoms with Gasteiger partial charge in [0.1, 0.15) is 17.6 Å². The first-order valence-corrected chi connectivity index (χ1v) is 15.9. The van der Waals surface area contributed by atoms with Gasteiger partial charge in [-0.05, 0) is 91.8 Å². The number of aryl methyl sites for hydroxylation is 1. The van der Waals surface area contributed by atoms with Gasteiger partial charge in [0.2, 0.25) is 10.0 Å². The predicted molar refractivity (Wildman–Crippen MR) is 159 cm³/mol. The van der Waals surface area contributed by atoms with E-state index in [1.54, 1.807) is 30.4 Å². The van der Waals surface area contributed by atoms with Crippen molar-refractivity contribution in [2.24, 2.45) is 17.0 Å². The third kappa shape index (κ3) is 8.23. The van der Waals surface area contributed by atoms with Gasteiger partial charge >= 0.3 is 5.97 Å². The molecule has 0 saturated heterocycles. The Morgan fingerprint density at radius 1 is 1.22 bits per heavy atom. The number of benzene rings is 2. The Morgan fingerprint density at radius 2 is 2.02 bits per heavy atom. The summed E-state index contributed by atoms with van der Waals surface area (Å²) in [5.74, 6) is -0.222. The molecule has 1 heterocycles. The molecule has 1 aliphatic heterocycles. The van der Waals surface area contributed by atoms with E-state index in [0.717, 1.165) is 48.9 Å². The summed E-state index contributed by atoms with van der Waals surface area (Å²) in [6, 6.07) is 10.8. The van der Waals surface area contributed by atoms with Crippen LogP contribution in [0.3, 0.4) is 0 Å². The lowest BCUT2D eigenvalue weighted by Gasteiger charge is -2.42. The molecule has 0 amide bonds. The SMILES string of the molecule is COC[C@H](C/C=C/[C@H](O)[C@@H]1CC[C@H]1CN1CCCCc2cc(Cl)ccc2COc2ccc(C(=O)O)cc21)S(N)(=O)=O. The largest absolute Gasteiger partial charge is 0.487 e. The van der Waals surface area contributed by atoms with Crippen molar-refractivity contribution in [1.29, 1.82) is 0 Å². The van der Waals surface area contributed by atoms with E-state index in [4.69, 9.17) is 26.2 Å². The normalized spacial score (nSPS) is 21.1. The van der Waals surface area contributed by atoms with Gasteiger partial charge in [-0.1, -0.05) is 29.8 Å². The lowest BCUT2D eigenvalue weighted by atomic mass is 9.70. The lowest BCUT2D eigenvalue weighted by molar-refractivity contribution is 0.0461. The van der Waals surface area contributed by atoms with E-state index in [1.807, 2.05) is 18.2 Å². The van der Waals surface area contributed by atoms with Crippen LogP contribution in [0.15, 0.2) is 48.6 Å². The second kappa shape index (κ2) is 14.0. The number of aliphatic hydroxyl groups excluding tert-OH is 1. The Labute approximate surface area is 246 Å². The number of methoxy groups -OCH3 is 1. The van der Waals surface area contributed by atoms with E-state index in [-0.39, 0.29) is 30.4 Å². The quantitative estimate of drug-likeness (QED) is 0.338. The third-order valence-electron chi connectivity index (χ3n) is 8.14. The molecular formula is C30H39ClN2O7S. The number of rotatable bonds is 10. The highest BCUT2D eigenvalue weighted by Gasteiger charge is 2.37. The number of anilines is 1. The van der Waals surface area contributed by atoms with Crippen molar-refractivity contribution in [3.63, 3.8) is 0 Å². The molecule has 2 aliphatic rings. The summed E-state index contributed by atoms with van der Waals surface area (Å²) in [7, 11) is -2.34.